The van der Waals surface area contributed by atoms with Gasteiger partial charge in [-0.25, -0.2) is 5.06 Å². The average molecular weight is 319 g/mol. The fraction of sp³-hybridized carbons (Fsp3) is 0.214. The maximum Gasteiger partial charge on any atom is 0.277 e. The minimum atomic E-state index is -0.502. The number of carbonyl (C=O) groups is 1. The Morgan fingerprint density at radius 2 is 2.23 bits per heavy atom. The van der Waals surface area contributed by atoms with Crippen molar-refractivity contribution in [2.45, 2.75) is 13.3 Å². The lowest BCUT2D eigenvalue weighted by Crippen LogP contribution is -2.27. The van der Waals surface area contributed by atoms with Crippen molar-refractivity contribution < 1.29 is 14.7 Å². The van der Waals surface area contributed by atoms with E-state index in [9.17, 15) is 14.8 Å². The second-order valence-electron chi connectivity index (χ2n) is 4.84. The van der Waals surface area contributed by atoms with Crippen molar-refractivity contribution >= 4 is 18.1 Å². The van der Waals surface area contributed by atoms with Crippen LogP contribution in [0.2, 0.25) is 0 Å². The normalized spacial score (nSPS) is 12.1. The smallest absolute Gasteiger partial charge is 0.277 e. The maximum absolute atomic E-state index is 12.0. The molecular formula is C14H13N3O4S. The lowest BCUT2D eigenvalue weighted by molar-refractivity contribution is -0.0541. The molecule has 2 heterocycles. The Morgan fingerprint density at radius 1 is 1.45 bits per heavy atom. The van der Waals surface area contributed by atoms with Gasteiger partial charge < -0.3 is 9.72 Å². The minimum absolute atomic E-state index is 0.186. The van der Waals surface area contributed by atoms with Crippen LogP contribution in [0.5, 0.6) is 11.6 Å². The van der Waals surface area contributed by atoms with Crippen molar-refractivity contribution in [2.75, 3.05) is 6.54 Å². The predicted molar refractivity (Wildman–Crippen MR) is 80.1 cm³/mol. The van der Waals surface area contributed by atoms with Crippen LogP contribution in [0.15, 0.2) is 23.0 Å². The molecule has 0 fully saturated rings. The molecule has 0 aliphatic carbocycles. The summed E-state index contributed by atoms with van der Waals surface area (Å²) in [6.45, 7) is 1.85. The van der Waals surface area contributed by atoms with E-state index in [2.05, 4.69) is 9.97 Å². The number of carbonyl (C=O) groups excluding carboxylic acids is 1. The molecule has 2 aromatic rings. The van der Waals surface area contributed by atoms with E-state index in [1.807, 2.05) is 0 Å². The Labute approximate surface area is 130 Å². The van der Waals surface area contributed by atoms with E-state index in [-0.39, 0.29) is 16.9 Å². The number of aromatic amines is 2. The summed E-state index contributed by atoms with van der Waals surface area (Å²) in [4.78, 5) is 29.2. The van der Waals surface area contributed by atoms with Crippen molar-refractivity contribution in [1.29, 1.82) is 0 Å². The van der Waals surface area contributed by atoms with Gasteiger partial charge in [0.25, 0.3) is 11.5 Å². The van der Waals surface area contributed by atoms with Gasteiger partial charge in [0.05, 0.1) is 5.56 Å². The molecule has 1 aromatic carbocycles. The molecule has 1 amide bonds. The van der Waals surface area contributed by atoms with Crippen LogP contribution >= 0.6 is 12.2 Å². The van der Waals surface area contributed by atoms with Crippen LogP contribution in [0.3, 0.4) is 0 Å². The molecule has 1 aliphatic rings. The Kier molecular flexibility index (Phi) is 3.55. The first-order valence-corrected chi connectivity index (χ1v) is 7.07. The number of ether oxygens (including phenoxy) is 1. The number of nitrogens with one attached hydrogen (secondary N) is 2. The quantitative estimate of drug-likeness (QED) is 0.381. The fourth-order valence-electron chi connectivity index (χ4n) is 2.28. The molecule has 0 saturated carbocycles. The number of aromatic nitrogens is 2. The summed E-state index contributed by atoms with van der Waals surface area (Å²) >= 11 is 4.91. The molecule has 0 radical (unpaired) electrons. The summed E-state index contributed by atoms with van der Waals surface area (Å²) in [5.41, 5.74) is 1.12. The number of rotatable bonds is 2. The Morgan fingerprint density at radius 3 is 2.95 bits per heavy atom. The van der Waals surface area contributed by atoms with Gasteiger partial charge in [0.2, 0.25) is 5.88 Å². The number of hydrogen-bond acceptors (Lipinski definition) is 5. The van der Waals surface area contributed by atoms with E-state index >= 15 is 0 Å². The van der Waals surface area contributed by atoms with Gasteiger partial charge in [-0.15, -0.1) is 0 Å². The first-order valence-electron chi connectivity index (χ1n) is 6.66. The van der Waals surface area contributed by atoms with E-state index in [0.717, 1.165) is 0 Å². The number of nitrogens with zero attached hydrogens (tertiary/aromatic N) is 1. The Bertz CT molecular complexity index is 871. The topological polar surface area (TPSA) is 98.4 Å². The number of hydrogen-bond donors (Lipinski definition) is 3. The summed E-state index contributed by atoms with van der Waals surface area (Å²) in [5, 5.41) is 10.1. The number of benzene rings is 1. The monoisotopic (exact) mass is 319 g/mol. The molecule has 3 N–H and O–H groups in total. The molecule has 22 heavy (non-hydrogen) atoms. The molecule has 0 saturated heterocycles. The number of H-pyrrole nitrogens is 2. The standard InChI is InChI=1S/C14H13N3O4S/c1-2-17(20)13(19)7-3-4-10-8(5-7)6-9-11(18)15-14(22)16-12(9)21-10/h3-5,20H,2,6H2,1H3,(H2,15,16,18,22). The van der Waals surface area contributed by atoms with Crippen molar-refractivity contribution in [3.63, 3.8) is 0 Å². The van der Waals surface area contributed by atoms with Gasteiger partial charge in [-0.3, -0.25) is 19.8 Å². The van der Waals surface area contributed by atoms with Crippen LogP contribution in [0.4, 0.5) is 0 Å². The molecule has 1 aliphatic heterocycles. The van der Waals surface area contributed by atoms with E-state index in [1.165, 1.54) is 0 Å². The lowest BCUT2D eigenvalue weighted by Gasteiger charge is -2.20. The van der Waals surface area contributed by atoms with Crippen LogP contribution in [0.25, 0.3) is 0 Å². The predicted octanol–water partition coefficient (Wildman–Crippen LogP) is 1.98. The van der Waals surface area contributed by atoms with Crippen LogP contribution < -0.4 is 10.3 Å². The second kappa shape index (κ2) is 5.39. The van der Waals surface area contributed by atoms with Crippen LogP contribution in [0, 0.1) is 4.77 Å². The van der Waals surface area contributed by atoms with E-state index in [0.29, 0.717) is 39.8 Å². The van der Waals surface area contributed by atoms with Gasteiger partial charge in [-0.2, -0.15) is 0 Å². The van der Waals surface area contributed by atoms with Gasteiger partial charge in [0, 0.05) is 24.1 Å². The third-order valence-corrected chi connectivity index (χ3v) is 3.63. The zero-order valence-corrected chi connectivity index (χ0v) is 12.5. The van der Waals surface area contributed by atoms with Gasteiger partial charge in [0.1, 0.15) is 5.75 Å². The maximum atomic E-state index is 12.0. The van der Waals surface area contributed by atoms with Gasteiger partial charge in [-0.1, -0.05) is 0 Å². The van der Waals surface area contributed by atoms with E-state index < -0.39 is 5.91 Å². The molecule has 114 valence electrons. The highest BCUT2D eigenvalue weighted by Gasteiger charge is 2.22. The zero-order valence-electron chi connectivity index (χ0n) is 11.7. The highest BCUT2D eigenvalue weighted by Crippen LogP contribution is 2.33. The summed E-state index contributed by atoms with van der Waals surface area (Å²) < 4.78 is 5.82. The molecule has 8 heteroatoms. The van der Waals surface area contributed by atoms with Gasteiger partial charge >= 0.3 is 0 Å². The summed E-state index contributed by atoms with van der Waals surface area (Å²) in [6, 6.07) is 4.81. The second-order valence-corrected chi connectivity index (χ2v) is 5.25. The minimum Gasteiger partial charge on any atom is -0.440 e. The lowest BCUT2D eigenvalue weighted by atomic mass is 10.0. The van der Waals surface area contributed by atoms with Crippen LogP contribution in [-0.4, -0.2) is 32.7 Å². The number of fused-ring (bicyclic) bond motifs is 2. The summed E-state index contributed by atoms with van der Waals surface area (Å²) in [5.74, 6) is 0.358. The van der Waals surface area contributed by atoms with Gasteiger partial charge in [0.15, 0.2) is 4.77 Å². The molecule has 1 aromatic heterocycles. The first-order chi connectivity index (χ1) is 10.5. The van der Waals surface area contributed by atoms with Crippen molar-refractivity contribution in [3.05, 3.63) is 50.0 Å². The third kappa shape index (κ3) is 2.42. The molecule has 0 spiro atoms. The fourth-order valence-corrected chi connectivity index (χ4v) is 2.47. The molecule has 7 nitrogen and oxygen atoms in total. The Balaban J connectivity index is 2.02. The number of amides is 1. The van der Waals surface area contributed by atoms with E-state index in [1.54, 1.807) is 25.1 Å². The van der Waals surface area contributed by atoms with Crippen molar-refractivity contribution in [2.24, 2.45) is 0 Å². The Hall–Kier alpha value is -2.45. The SMILES string of the molecule is CCN(O)C(=O)c1ccc2c(c1)Cc1c([nH]c(=S)[nH]c1=O)O2. The number of hydroxylamine groups is 2. The molecule has 0 atom stereocenters. The zero-order chi connectivity index (χ0) is 15.9. The largest absolute Gasteiger partial charge is 0.440 e. The van der Waals surface area contributed by atoms with Gasteiger partial charge in [-0.05, 0) is 37.3 Å². The van der Waals surface area contributed by atoms with Crippen LogP contribution in [0.1, 0.15) is 28.4 Å². The third-order valence-electron chi connectivity index (χ3n) is 3.42. The molecule has 0 bridgehead atoms. The first kappa shape index (κ1) is 14.5. The summed E-state index contributed by atoms with van der Waals surface area (Å²) in [6.07, 6.45) is 0.310. The average Bonchev–Trinajstić information content (AvgIpc) is 2.51. The highest BCUT2D eigenvalue weighted by molar-refractivity contribution is 7.71. The molecule has 3 rings (SSSR count). The molecular weight excluding hydrogens is 306 g/mol. The van der Waals surface area contributed by atoms with E-state index in [4.69, 9.17) is 17.0 Å². The van der Waals surface area contributed by atoms with Crippen LogP contribution in [-0.2, 0) is 6.42 Å². The van der Waals surface area contributed by atoms with Crippen molar-refractivity contribution in [1.82, 2.24) is 15.0 Å². The van der Waals surface area contributed by atoms with Crippen molar-refractivity contribution in [3.8, 4) is 11.6 Å². The summed E-state index contributed by atoms with van der Waals surface area (Å²) in [7, 11) is 0. The highest BCUT2D eigenvalue weighted by atomic mass is 32.1. The molecule has 0 unspecified atom stereocenters.